The molecule has 1 saturated heterocycles. The number of allylic oxidation sites excluding steroid dienone is 2. The molecule has 106 valence electrons. The van der Waals surface area contributed by atoms with Crippen LogP contribution in [0, 0.1) is 5.41 Å². The first-order valence-corrected chi connectivity index (χ1v) is 7.24. The number of hydrogen-bond acceptors (Lipinski definition) is 3. The van der Waals surface area contributed by atoms with E-state index >= 15 is 0 Å². The van der Waals surface area contributed by atoms with E-state index < -0.39 is 11.2 Å². The molecule has 1 aliphatic heterocycles. The molecule has 0 aromatic heterocycles. The summed E-state index contributed by atoms with van der Waals surface area (Å²) in [6.45, 7) is 8.70. The van der Waals surface area contributed by atoms with Crippen LogP contribution in [0.4, 0.5) is 0 Å². The lowest BCUT2D eigenvalue weighted by Gasteiger charge is -2.44. The number of carbonyl (C=O) groups excluding carboxylic acids is 1. The van der Waals surface area contributed by atoms with Crippen molar-refractivity contribution >= 4 is 5.78 Å². The number of Topliss-reactive ketones (excluding diaryl/α,β-unsaturated/α-hetero) is 1. The summed E-state index contributed by atoms with van der Waals surface area (Å²) in [4.78, 5) is 12.7. The van der Waals surface area contributed by atoms with Crippen molar-refractivity contribution < 1.29 is 14.3 Å². The number of hydrogen-bond donors (Lipinski definition) is 0. The maximum atomic E-state index is 12.7. The van der Waals surface area contributed by atoms with Gasteiger partial charge in [-0.3, -0.25) is 4.79 Å². The Bertz CT molecular complexity index is 355. The fourth-order valence-electron chi connectivity index (χ4n) is 3.56. The van der Waals surface area contributed by atoms with Crippen molar-refractivity contribution in [3.05, 3.63) is 25.3 Å². The molecule has 3 heteroatoms. The maximum absolute atomic E-state index is 12.7. The van der Waals surface area contributed by atoms with Crippen molar-refractivity contribution in [2.75, 3.05) is 13.2 Å². The van der Waals surface area contributed by atoms with Gasteiger partial charge in [-0.05, 0) is 19.3 Å². The van der Waals surface area contributed by atoms with Gasteiger partial charge in [0, 0.05) is 12.8 Å². The average molecular weight is 264 g/mol. The zero-order valence-electron chi connectivity index (χ0n) is 11.7. The van der Waals surface area contributed by atoms with Gasteiger partial charge >= 0.3 is 0 Å². The minimum absolute atomic E-state index is 0.186. The van der Waals surface area contributed by atoms with Crippen molar-refractivity contribution in [2.24, 2.45) is 5.41 Å². The quantitative estimate of drug-likeness (QED) is 0.714. The van der Waals surface area contributed by atoms with Crippen LogP contribution in [-0.4, -0.2) is 24.8 Å². The van der Waals surface area contributed by atoms with Gasteiger partial charge in [0.2, 0.25) is 0 Å². The number of ether oxygens (including phenoxy) is 2. The van der Waals surface area contributed by atoms with E-state index in [-0.39, 0.29) is 5.78 Å². The zero-order chi connectivity index (χ0) is 13.8. The van der Waals surface area contributed by atoms with Crippen LogP contribution in [0.15, 0.2) is 25.3 Å². The number of rotatable bonds is 5. The highest BCUT2D eigenvalue weighted by Crippen LogP contribution is 2.51. The largest absolute Gasteiger partial charge is 0.346 e. The lowest BCUT2D eigenvalue weighted by molar-refractivity contribution is -0.235. The van der Waals surface area contributed by atoms with Crippen molar-refractivity contribution in [1.82, 2.24) is 0 Å². The first-order chi connectivity index (χ1) is 9.21. The van der Waals surface area contributed by atoms with Gasteiger partial charge in [0.05, 0.1) is 18.6 Å². The molecule has 1 spiro atoms. The number of ketones is 1. The Morgan fingerprint density at radius 1 is 1.05 bits per heavy atom. The normalized spacial score (nSPS) is 29.9. The van der Waals surface area contributed by atoms with Crippen LogP contribution in [0.2, 0.25) is 0 Å². The summed E-state index contributed by atoms with van der Waals surface area (Å²) in [5, 5.41) is 0. The van der Waals surface area contributed by atoms with E-state index in [1.165, 1.54) is 0 Å². The van der Waals surface area contributed by atoms with E-state index in [1.807, 2.05) is 6.08 Å². The molecule has 3 nitrogen and oxygen atoms in total. The monoisotopic (exact) mass is 264 g/mol. The fraction of sp³-hybridized carbons (Fsp3) is 0.688. The lowest BCUT2D eigenvalue weighted by atomic mass is 9.68. The zero-order valence-corrected chi connectivity index (χ0v) is 11.7. The fourth-order valence-corrected chi connectivity index (χ4v) is 3.56. The number of carbonyl (C=O) groups is 1. The lowest BCUT2D eigenvalue weighted by Crippen LogP contribution is -2.53. The molecule has 1 atom stereocenters. The standard InChI is InChI=1S/C16H24O3/c1-3-8-14(17)15(9-4-2)10-6-5-7-11-16(15)18-12-13-19-16/h3-4H,1-2,5-13H2. The third kappa shape index (κ3) is 2.41. The molecule has 0 N–H and O–H groups in total. The van der Waals surface area contributed by atoms with Crippen LogP contribution in [0.1, 0.15) is 44.9 Å². The summed E-state index contributed by atoms with van der Waals surface area (Å²) >= 11 is 0. The van der Waals surface area contributed by atoms with Gasteiger partial charge in [-0.15, -0.1) is 13.2 Å². The molecule has 0 aromatic rings. The van der Waals surface area contributed by atoms with Crippen LogP contribution in [0.5, 0.6) is 0 Å². The van der Waals surface area contributed by atoms with Gasteiger partial charge in [-0.1, -0.05) is 25.0 Å². The van der Waals surface area contributed by atoms with E-state index in [9.17, 15) is 4.79 Å². The Hall–Kier alpha value is -0.930. The molecule has 1 saturated carbocycles. The highest BCUT2D eigenvalue weighted by Gasteiger charge is 2.58. The average Bonchev–Trinajstić information content (AvgIpc) is 2.79. The highest BCUT2D eigenvalue weighted by atomic mass is 16.7. The molecule has 0 bridgehead atoms. The summed E-state index contributed by atoms with van der Waals surface area (Å²) in [5.74, 6) is -0.538. The molecule has 2 aliphatic rings. The van der Waals surface area contributed by atoms with Gasteiger partial charge in [-0.2, -0.15) is 0 Å². The molecule has 0 aromatic carbocycles. The molecule has 0 radical (unpaired) electrons. The highest BCUT2D eigenvalue weighted by molar-refractivity contribution is 5.87. The molecular formula is C16H24O3. The minimum atomic E-state index is -0.724. The SMILES string of the molecule is C=CCC(=O)C1(CC=C)CCCCCC12OCCO2. The minimum Gasteiger partial charge on any atom is -0.346 e. The first kappa shape index (κ1) is 14.5. The maximum Gasteiger partial charge on any atom is 0.181 e. The molecule has 1 aliphatic carbocycles. The Balaban J connectivity index is 2.41. The predicted octanol–water partition coefficient (Wildman–Crippen LogP) is 3.40. The van der Waals surface area contributed by atoms with Gasteiger partial charge in [0.1, 0.15) is 5.78 Å². The third-order valence-electron chi connectivity index (χ3n) is 4.45. The predicted molar refractivity (Wildman–Crippen MR) is 74.8 cm³/mol. The van der Waals surface area contributed by atoms with Crippen molar-refractivity contribution in [1.29, 1.82) is 0 Å². The summed E-state index contributed by atoms with van der Waals surface area (Å²) in [6.07, 6.45) is 9.39. The van der Waals surface area contributed by atoms with Crippen molar-refractivity contribution in [3.8, 4) is 0 Å². The Morgan fingerprint density at radius 3 is 2.37 bits per heavy atom. The molecule has 0 amide bonds. The van der Waals surface area contributed by atoms with E-state index in [0.717, 1.165) is 32.1 Å². The van der Waals surface area contributed by atoms with Crippen LogP contribution in [0.3, 0.4) is 0 Å². The Morgan fingerprint density at radius 2 is 1.74 bits per heavy atom. The van der Waals surface area contributed by atoms with E-state index in [0.29, 0.717) is 26.1 Å². The third-order valence-corrected chi connectivity index (χ3v) is 4.45. The molecule has 2 rings (SSSR count). The molecule has 1 heterocycles. The molecule has 2 fully saturated rings. The summed E-state index contributed by atoms with van der Waals surface area (Å²) in [7, 11) is 0. The van der Waals surface area contributed by atoms with E-state index in [1.54, 1.807) is 6.08 Å². The van der Waals surface area contributed by atoms with Gasteiger partial charge in [-0.25, -0.2) is 0 Å². The van der Waals surface area contributed by atoms with E-state index in [2.05, 4.69) is 13.2 Å². The van der Waals surface area contributed by atoms with Gasteiger partial charge in [0.25, 0.3) is 0 Å². The van der Waals surface area contributed by atoms with Crippen LogP contribution in [-0.2, 0) is 14.3 Å². The Kier molecular flexibility index (Phi) is 4.58. The smallest absolute Gasteiger partial charge is 0.181 e. The second-order valence-electron chi connectivity index (χ2n) is 5.50. The van der Waals surface area contributed by atoms with Crippen LogP contribution >= 0.6 is 0 Å². The second kappa shape index (κ2) is 6.02. The molecular weight excluding hydrogens is 240 g/mol. The summed E-state index contributed by atoms with van der Waals surface area (Å²) in [5.41, 5.74) is -0.573. The first-order valence-electron chi connectivity index (χ1n) is 7.24. The Labute approximate surface area is 115 Å². The summed E-state index contributed by atoms with van der Waals surface area (Å²) in [6, 6.07) is 0. The van der Waals surface area contributed by atoms with Gasteiger partial charge < -0.3 is 9.47 Å². The van der Waals surface area contributed by atoms with Crippen molar-refractivity contribution in [2.45, 2.75) is 50.7 Å². The van der Waals surface area contributed by atoms with Gasteiger partial charge in [0.15, 0.2) is 5.79 Å². The topological polar surface area (TPSA) is 35.5 Å². The summed E-state index contributed by atoms with van der Waals surface area (Å²) < 4.78 is 11.9. The van der Waals surface area contributed by atoms with Crippen LogP contribution in [0.25, 0.3) is 0 Å². The molecule has 1 unspecified atom stereocenters. The second-order valence-corrected chi connectivity index (χ2v) is 5.50. The molecule has 19 heavy (non-hydrogen) atoms. The van der Waals surface area contributed by atoms with Crippen molar-refractivity contribution in [3.63, 3.8) is 0 Å². The van der Waals surface area contributed by atoms with Crippen LogP contribution < -0.4 is 0 Å². The van der Waals surface area contributed by atoms with E-state index in [4.69, 9.17) is 9.47 Å².